The average molecular weight is 587 g/mol. The number of benzene rings is 2. The first-order chi connectivity index (χ1) is 18.4. The van der Waals surface area contributed by atoms with E-state index in [1.807, 2.05) is 32.9 Å². The minimum Gasteiger partial charge on any atom is -0.591 e. The fourth-order valence-corrected chi connectivity index (χ4v) is 9.87. The van der Waals surface area contributed by atoms with Crippen LogP contribution < -0.4 is 15.1 Å². The normalized spacial score (nSPS) is 13.8. The van der Waals surface area contributed by atoms with Crippen molar-refractivity contribution in [3.05, 3.63) is 83.6 Å². The summed E-state index contributed by atoms with van der Waals surface area (Å²) >= 11 is 4.91. The zero-order valence-electron chi connectivity index (χ0n) is 23.9. The van der Waals surface area contributed by atoms with Crippen LogP contribution in [0.3, 0.4) is 0 Å². The molecule has 0 bridgehead atoms. The molecule has 0 radical (unpaired) electrons. The lowest BCUT2D eigenvalue weighted by atomic mass is 10.1. The zero-order chi connectivity index (χ0) is 28.7. The number of aromatic nitrogens is 1. The molecule has 1 heterocycles. The molecule has 0 spiro atoms. The third kappa shape index (κ3) is 7.51. The minimum absolute atomic E-state index is 0.00732. The number of ether oxygens (including phenoxy) is 2. The number of hydrogen-bond donors (Lipinski definition) is 0. The van der Waals surface area contributed by atoms with E-state index in [1.54, 1.807) is 12.3 Å². The molecule has 39 heavy (non-hydrogen) atoms. The van der Waals surface area contributed by atoms with Crippen molar-refractivity contribution in [3.63, 3.8) is 0 Å². The first kappa shape index (κ1) is 31.3. The van der Waals surface area contributed by atoms with E-state index < -0.39 is 24.4 Å². The molecular weight excluding hydrogens is 548 g/mol. The van der Waals surface area contributed by atoms with E-state index in [1.165, 1.54) is 17.5 Å². The predicted molar refractivity (Wildman–Crippen MR) is 164 cm³/mol. The van der Waals surface area contributed by atoms with Crippen LogP contribution in [0.5, 0.6) is 5.75 Å². The summed E-state index contributed by atoms with van der Waals surface area (Å²) in [7, 11) is -1.23. The largest absolute Gasteiger partial charge is 0.591 e. The van der Waals surface area contributed by atoms with Crippen LogP contribution in [-0.2, 0) is 20.5 Å². The third-order valence-electron chi connectivity index (χ3n) is 6.28. The molecule has 210 valence electrons. The van der Waals surface area contributed by atoms with E-state index in [0.717, 1.165) is 0 Å². The maximum atomic E-state index is 13.2. The predicted octanol–water partition coefficient (Wildman–Crippen LogP) is 5.94. The Kier molecular flexibility index (Phi) is 10.8. The molecule has 1 atom stereocenters. The summed E-state index contributed by atoms with van der Waals surface area (Å²) in [5.74, 6) is 0.344. The molecular formula is C30H39ClN2O4SSi. The summed E-state index contributed by atoms with van der Waals surface area (Å²) in [6.07, 6.45) is 1.99. The van der Waals surface area contributed by atoms with Gasteiger partial charge < -0.3 is 18.5 Å². The third-order valence-corrected chi connectivity index (χ3v) is 13.0. The molecule has 6 nitrogen and oxygen atoms in total. The van der Waals surface area contributed by atoms with E-state index >= 15 is 0 Å². The molecule has 0 saturated carbocycles. The number of hydrogen-bond acceptors (Lipinski definition) is 6. The molecule has 1 unspecified atom stereocenters. The lowest BCUT2D eigenvalue weighted by Crippen LogP contribution is -2.66. The summed E-state index contributed by atoms with van der Waals surface area (Å²) in [6.45, 7) is 12.7. The van der Waals surface area contributed by atoms with Crippen LogP contribution in [0.15, 0.2) is 77.3 Å². The Labute approximate surface area is 242 Å². The van der Waals surface area contributed by atoms with Crippen LogP contribution in [0.1, 0.15) is 53.5 Å². The van der Waals surface area contributed by atoms with Gasteiger partial charge in [-0.15, -0.1) is 0 Å². The van der Waals surface area contributed by atoms with Crippen LogP contribution in [0.25, 0.3) is 0 Å². The number of methoxy groups -OCH3 is 1. The van der Waals surface area contributed by atoms with Crippen LogP contribution in [0.4, 0.5) is 0 Å². The van der Waals surface area contributed by atoms with Crippen molar-refractivity contribution in [2.45, 2.75) is 57.7 Å². The van der Waals surface area contributed by atoms with Gasteiger partial charge in [-0.05, 0) is 42.2 Å². The molecule has 3 aromatic rings. The van der Waals surface area contributed by atoms with E-state index in [0.29, 0.717) is 30.1 Å². The Morgan fingerprint density at radius 3 is 2.00 bits per heavy atom. The molecule has 0 amide bonds. The lowest BCUT2D eigenvalue weighted by Gasteiger charge is -2.43. The highest BCUT2D eigenvalue weighted by Crippen LogP contribution is 2.37. The van der Waals surface area contributed by atoms with Crippen LogP contribution in [0, 0.1) is 0 Å². The highest BCUT2D eigenvalue weighted by atomic mass is 35.5. The molecule has 0 aliphatic heterocycles. The van der Waals surface area contributed by atoms with Gasteiger partial charge in [0.25, 0.3) is 8.32 Å². The Bertz CT molecular complexity index is 1190. The van der Waals surface area contributed by atoms with Gasteiger partial charge in [0.15, 0.2) is 17.7 Å². The average Bonchev–Trinajstić information content (AvgIpc) is 2.89. The number of nitrogens with zero attached hydrogens (tertiary/aromatic N) is 2. The molecule has 0 aliphatic carbocycles. The van der Waals surface area contributed by atoms with E-state index in [-0.39, 0.29) is 17.0 Å². The minimum atomic E-state index is -2.76. The second kappa shape index (κ2) is 13.4. The standard InChI is InChI=1S/C30H39ClN2O4SSi/c1-29(2,3)38(34)33-26(25-18-20-32-28(31)27(25)36-22-35-7)19-21-37-39(30(4,5)6,23-14-10-8-11-15-23)24-16-12-9-13-17-24/h8-18,20H,19,21-22H2,1-7H3/b33-26-. The Hall–Kier alpha value is -2.20. The van der Waals surface area contributed by atoms with Crippen molar-refractivity contribution in [1.29, 1.82) is 0 Å². The summed E-state index contributed by atoms with van der Waals surface area (Å²) in [5.41, 5.74) is 1.20. The van der Waals surface area contributed by atoms with E-state index in [9.17, 15) is 4.55 Å². The molecule has 0 aliphatic rings. The maximum absolute atomic E-state index is 13.2. The van der Waals surface area contributed by atoms with Crippen molar-refractivity contribution >= 4 is 47.4 Å². The monoisotopic (exact) mass is 586 g/mol. The first-order valence-electron chi connectivity index (χ1n) is 12.9. The second-order valence-corrected chi connectivity index (χ2v) is 17.8. The maximum Gasteiger partial charge on any atom is 0.261 e. The van der Waals surface area contributed by atoms with Crippen LogP contribution in [0.2, 0.25) is 10.2 Å². The fourth-order valence-electron chi connectivity index (χ4n) is 4.43. The van der Waals surface area contributed by atoms with Gasteiger partial charge in [0, 0.05) is 31.9 Å². The van der Waals surface area contributed by atoms with Crippen LogP contribution >= 0.6 is 11.6 Å². The van der Waals surface area contributed by atoms with Crippen molar-refractivity contribution < 1.29 is 18.5 Å². The summed E-state index contributed by atoms with van der Waals surface area (Å²) in [6, 6.07) is 22.7. The van der Waals surface area contributed by atoms with Gasteiger partial charge in [-0.1, -0.05) is 97.4 Å². The highest BCUT2D eigenvalue weighted by molar-refractivity contribution is 7.91. The molecule has 0 N–H and O–H groups in total. The SMILES string of the molecule is COCOc1c(/C(CCO[Si](c2ccccc2)(c2ccccc2)C(C)(C)C)=N\[S+]([O-])C(C)(C)C)ccnc1Cl. The quantitative estimate of drug-likeness (QED) is 0.0914. The lowest BCUT2D eigenvalue weighted by molar-refractivity contribution is 0.0508. The summed E-state index contributed by atoms with van der Waals surface area (Å²) in [5, 5.41) is 2.40. The zero-order valence-corrected chi connectivity index (χ0v) is 26.4. The van der Waals surface area contributed by atoms with Gasteiger partial charge in [0.05, 0.1) is 0 Å². The smallest absolute Gasteiger partial charge is 0.261 e. The van der Waals surface area contributed by atoms with Crippen molar-refractivity contribution in [2.24, 2.45) is 4.40 Å². The Morgan fingerprint density at radius 1 is 0.949 bits per heavy atom. The highest BCUT2D eigenvalue weighted by Gasteiger charge is 2.50. The number of halogens is 1. The van der Waals surface area contributed by atoms with Crippen molar-refractivity contribution in [2.75, 3.05) is 20.5 Å². The molecule has 9 heteroatoms. The second-order valence-electron chi connectivity index (χ2n) is 11.2. The number of pyridine rings is 1. The van der Waals surface area contributed by atoms with Gasteiger partial charge in [-0.2, -0.15) is 0 Å². The van der Waals surface area contributed by atoms with Gasteiger partial charge in [0.2, 0.25) is 0 Å². The fraction of sp³-hybridized carbons (Fsp3) is 0.400. The summed E-state index contributed by atoms with van der Waals surface area (Å²) < 4.78 is 35.3. The topological polar surface area (TPSA) is 76.0 Å². The van der Waals surface area contributed by atoms with E-state index in [4.69, 9.17) is 25.5 Å². The van der Waals surface area contributed by atoms with Crippen molar-refractivity contribution in [1.82, 2.24) is 4.98 Å². The van der Waals surface area contributed by atoms with Gasteiger partial charge in [-0.25, -0.2) is 4.98 Å². The molecule has 2 aromatic carbocycles. The molecule has 0 saturated heterocycles. The Morgan fingerprint density at radius 2 is 1.51 bits per heavy atom. The summed E-state index contributed by atoms with van der Waals surface area (Å²) in [4.78, 5) is 4.16. The van der Waals surface area contributed by atoms with E-state index in [2.05, 4.69) is 78.7 Å². The van der Waals surface area contributed by atoms with Crippen LogP contribution in [-0.4, -0.2) is 48.8 Å². The van der Waals surface area contributed by atoms with Gasteiger partial charge in [-0.3, -0.25) is 0 Å². The van der Waals surface area contributed by atoms with Crippen molar-refractivity contribution in [3.8, 4) is 5.75 Å². The molecule has 1 aromatic heterocycles. The Balaban J connectivity index is 2.07. The number of rotatable bonds is 11. The molecule has 3 rings (SSSR count). The first-order valence-corrected chi connectivity index (χ1v) is 16.3. The molecule has 0 fully saturated rings. The van der Waals surface area contributed by atoms with Gasteiger partial charge in [0.1, 0.15) is 21.8 Å². The van der Waals surface area contributed by atoms with Gasteiger partial charge >= 0.3 is 0 Å².